The minimum atomic E-state index is 0.253. The Morgan fingerprint density at radius 2 is 1.79 bits per heavy atom. The van der Waals surface area contributed by atoms with E-state index in [9.17, 15) is 4.79 Å². The largest absolute Gasteiger partial charge is 0.342 e. The summed E-state index contributed by atoms with van der Waals surface area (Å²) in [6.07, 6.45) is 2.33. The second-order valence-electron chi connectivity index (χ2n) is 7.07. The van der Waals surface area contributed by atoms with Gasteiger partial charge < -0.3 is 4.90 Å². The van der Waals surface area contributed by atoms with Crippen LogP contribution in [0.5, 0.6) is 0 Å². The first-order valence-corrected chi connectivity index (χ1v) is 8.83. The molecule has 0 bridgehead atoms. The number of carbonyl (C=O) groups excluding carboxylic acids is 1. The highest BCUT2D eigenvalue weighted by Crippen LogP contribution is 2.33. The zero-order valence-electron chi connectivity index (χ0n) is 14.2. The van der Waals surface area contributed by atoms with E-state index in [1.807, 2.05) is 11.9 Å². The maximum absolute atomic E-state index is 12.5. The highest BCUT2D eigenvalue weighted by molar-refractivity contribution is 5.78. The lowest BCUT2D eigenvalue weighted by Gasteiger charge is -2.35. The predicted molar refractivity (Wildman–Crippen MR) is 95.8 cm³/mol. The maximum Gasteiger partial charge on any atom is 0.236 e. The molecule has 0 radical (unpaired) electrons. The summed E-state index contributed by atoms with van der Waals surface area (Å²) in [5.41, 5.74) is 4.08. The number of amides is 1. The fraction of sp³-hybridized carbons (Fsp3) is 0.381. The molecule has 1 aliphatic carbocycles. The molecule has 0 spiro atoms. The van der Waals surface area contributed by atoms with Crippen molar-refractivity contribution in [2.24, 2.45) is 0 Å². The predicted octanol–water partition coefficient (Wildman–Crippen LogP) is 3.25. The van der Waals surface area contributed by atoms with Crippen molar-refractivity contribution in [2.75, 3.05) is 20.1 Å². The van der Waals surface area contributed by atoms with Crippen molar-refractivity contribution in [2.45, 2.75) is 31.3 Å². The highest BCUT2D eigenvalue weighted by atomic mass is 16.2. The van der Waals surface area contributed by atoms with Crippen LogP contribution in [0, 0.1) is 0 Å². The van der Waals surface area contributed by atoms with Gasteiger partial charge in [-0.05, 0) is 29.5 Å². The molecule has 3 heteroatoms. The van der Waals surface area contributed by atoms with E-state index in [0.29, 0.717) is 18.5 Å². The summed E-state index contributed by atoms with van der Waals surface area (Å²) < 4.78 is 0. The monoisotopic (exact) mass is 320 g/mol. The van der Waals surface area contributed by atoms with E-state index in [1.165, 1.54) is 16.7 Å². The molecule has 0 N–H and O–H groups in total. The Hall–Kier alpha value is -2.13. The van der Waals surface area contributed by atoms with Crippen molar-refractivity contribution < 1.29 is 4.79 Å². The van der Waals surface area contributed by atoms with Gasteiger partial charge in [-0.2, -0.15) is 0 Å². The zero-order valence-corrected chi connectivity index (χ0v) is 14.2. The molecule has 1 aliphatic heterocycles. The van der Waals surface area contributed by atoms with E-state index in [4.69, 9.17) is 0 Å². The summed E-state index contributed by atoms with van der Waals surface area (Å²) in [5.74, 6) is 0.596. The van der Waals surface area contributed by atoms with Crippen molar-refractivity contribution in [1.82, 2.24) is 9.80 Å². The second-order valence-corrected chi connectivity index (χ2v) is 7.07. The third-order valence-electron chi connectivity index (χ3n) is 5.31. The van der Waals surface area contributed by atoms with Crippen molar-refractivity contribution >= 4 is 5.91 Å². The smallest absolute Gasteiger partial charge is 0.236 e. The minimum absolute atomic E-state index is 0.253. The summed E-state index contributed by atoms with van der Waals surface area (Å²) in [4.78, 5) is 16.8. The molecule has 0 unspecified atom stereocenters. The van der Waals surface area contributed by atoms with Crippen LogP contribution in [0.15, 0.2) is 54.6 Å². The molecule has 2 aliphatic rings. The number of nitrogens with zero attached hydrogens (tertiary/aromatic N) is 2. The van der Waals surface area contributed by atoms with Crippen molar-refractivity contribution in [3.8, 4) is 0 Å². The number of carbonyl (C=O) groups is 1. The van der Waals surface area contributed by atoms with Crippen LogP contribution in [0.1, 0.15) is 35.4 Å². The highest BCUT2D eigenvalue weighted by Gasteiger charge is 2.32. The van der Waals surface area contributed by atoms with E-state index in [1.54, 1.807) is 0 Å². The van der Waals surface area contributed by atoms with Gasteiger partial charge >= 0.3 is 0 Å². The van der Waals surface area contributed by atoms with Crippen LogP contribution in [0.25, 0.3) is 0 Å². The fourth-order valence-electron chi connectivity index (χ4n) is 3.74. The minimum Gasteiger partial charge on any atom is -0.342 e. The van der Waals surface area contributed by atoms with Crippen molar-refractivity contribution in [3.63, 3.8) is 0 Å². The molecule has 4 rings (SSSR count). The number of hydrogen-bond donors (Lipinski definition) is 0. The Morgan fingerprint density at radius 1 is 1.08 bits per heavy atom. The van der Waals surface area contributed by atoms with Crippen molar-refractivity contribution in [1.29, 1.82) is 0 Å². The summed E-state index contributed by atoms with van der Waals surface area (Å²) >= 11 is 0. The number of likely N-dealkylation sites (N-methyl/N-ethyl adjacent to an activating group) is 1. The topological polar surface area (TPSA) is 23.6 Å². The molecule has 2 aromatic carbocycles. The molecular formula is C21H24N2O. The quantitative estimate of drug-likeness (QED) is 0.863. The Balaban J connectivity index is 1.57. The molecule has 1 saturated carbocycles. The van der Waals surface area contributed by atoms with E-state index in [0.717, 1.165) is 25.9 Å². The van der Waals surface area contributed by atoms with Crippen molar-refractivity contribution in [3.05, 3.63) is 71.3 Å². The average Bonchev–Trinajstić information content (AvgIpc) is 3.46. The van der Waals surface area contributed by atoms with E-state index in [-0.39, 0.29) is 5.91 Å². The Labute approximate surface area is 143 Å². The van der Waals surface area contributed by atoms with Crippen LogP contribution >= 0.6 is 0 Å². The molecule has 24 heavy (non-hydrogen) atoms. The molecule has 1 amide bonds. The van der Waals surface area contributed by atoms with Gasteiger partial charge in [0, 0.05) is 32.1 Å². The van der Waals surface area contributed by atoms with Crippen LogP contribution in [-0.2, 0) is 11.3 Å². The van der Waals surface area contributed by atoms with E-state index in [2.05, 4.69) is 59.5 Å². The molecule has 1 heterocycles. The molecule has 1 atom stereocenters. The first kappa shape index (κ1) is 15.4. The summed E-state index contributed by atoms with van der Waals surface area (Å²) in [6, 6.07) is 19.8. The van der Waals surface area contributed by atoms with Crippen LogP contribution < -0.4 is 0 Å². The van der Waals surface area contributed by atoms with Gasteiger partial charge in [0.25, 0.3) is 0 Å². The fourth-order valence-corrected chi connectivity index (χ4v) is 3.74. The molecule has 0 aromatic heterocycles. The third kappa shape index (κ3) is 3.09. The van der Waals surface area contributed by atoms with Gasteiger partial charge in [-0.3, -0.25) is 9.69 Å². The summed E-state index contributed by atoms with van der Waals surface area (Å²) in [7, 11) is 1.95. The Morgan fingerprint density at radius 3 is 2.54 bits per heavy atom. The molecule has 124 valence electrons. The summed E-state index contributed by atoms with van der Waals surface area (Å²) in [5, 5.41) is 0. The van der Waals surface area contributed by atoms with Gasteiger partial charge in [0.15, 0.2) is 0 Å². The lowest BCUT2D eigenvalue weighted by atomic mass is 9.84. The lowest BCUT2D eigenvalue weighted by molar-refractivity contribution is -0.131. The molecular weight excluding hydrogens is 296 g/mol. The molecule has 2 aromatic rings. The van der Waals surface area contributed by atoms with E-state index < -0.39 is 0 Å². The number of hydrogen-bond acceptors (Lipinski definition) is 2. The Bertz CT molecular complexity index is 724. The average molecular weight is 320 g/mol. The van der Waals surface area contributed by atoms with Gasteiger partial charge in [-0.15, -0.1) is 0 Å². The third-order valence-corrected chi connectivity index (χ3v) is 5.31. The molecule has 0 saturated heterocycles. The number of benzene rings is 2. The van der Waals surface area contributed by atoms with E-state index >= 15 is 0 Å². The standard InChI is InChI=1S/C21H24N2O/c1-22(18-11-12-18)21(24)15-23-13-17-9-5-6-10-19(17)20(14-23)16-7-3-2-4-8-16/h2-10,18,20H,11-15H2,1H3/t20-/m1/s1. The van der Waals surface area contributed by atoms with Gasteiger partial charge in [-0.1, -0.05) is 54.6 Å². The van der Waals surface area contributed by atoms with Crippen LogP contribution in [0.2, 0.25) is 0 Å². The van der Waals surface area contributed by atoms with Gasteiger partial charge in [-0.25, -0.2) is 0 Å². The van der Waals surface area contributed by atoms with Gasteiger partial charge in [0.1, 0.15) is 0 Å². The van der Waals surface area contributed by atoms with Crippen LogP contribution in [0.3, 0.4) is 0 Å². The molecule has 3 nitrogen and oxygen atoms in total. The normalized spacial score (nSPS) is 20.5. The Kier molecular flexibility index (Phi) is 4.11. The lowest BCUT2D eigenvalue weighted by Crippen LogP contribution is -2.42. The first-order valence-electron chi connectivity index (χ1n) is 8.83. The summed E-state index contributed by atoms with van der Waals surface area (Å²) in [6.45, 7) is 2.29. The van der Waals surface area contributed by atoms with Crippen LogP contribution in [0.4, 0.5) is 0 Å². The van der Waals surface area contributed by atoms with Crippen LogP contribution in [-0.4, -0.2) is 41.9 Å². The van der Waals surface area contributed by atoms with Gasteiger partial charge in [0.05, 0.1) is 6.54 Å². The SMILES string of the molecule is CN(C(=O)CN1Cc2ccccc2[C@@H](c2ccccc2)C1)C1CC1. The van der Waals surface area contributed by atoms with Gasteiger partial charge in [0.2, 0.25) is 5.91 Å². The molecule has 1 fully saturated rings. The second kappa shape index (κ2) is 6.40. The number of fused-ring (bicyclic) bond motifs is 1. The first-order chi connectivity index (χ1) is 11.7. The maximum atomic E-state index is 12.5. The zero-order chi connectivity index (χ0) is 16.5. The number of rotatable bonds is 4.